The van der Waals surface area contributed by atoms with Crippen LogP contribution in [-0.2, 0) is 0 Å². The molecule has 5 heteroatoms. The summed E-state index contributed by atoms with van der Waals surface area (Å²) < 4.78 is 5.19. The number of anilines is 1. The molecule has 5 nitrogen and oxygen atoms in total. The molecule has 98 valence electrons. The van der Waals surface area contributed by atoms with Gasteiger partial charge in [-0.1, -0.05) is 6.92 Å². The average molecular weight is 248 g/mol. The van der Waals surface area contributed by atoms with Crippen molar-refractivity contribution in [2.45, 2.75) is 19.4 Å². The average Bonchev–Trinajstić information content (AvgIpc) is 2.98. The summed E-state index contributed by atoms with van der Waals surface area (Å²) in [5.74, 6) is 2.94. The van der Waals surface area contributed by atoms with Crippen molar-refractivity contribution in [2.75, 3.05) is 31.6 Å². The molecule has 3 unspecified atom stereocenters. The topological polar surface area (TPSA) is 50.3 Å². The Balaban J connectivity index is 1.86. The van der Waals surface area contributed by atoms with Crippen molar-refractivity contribution in [3.05, 3.63) is 12.3 Å². The molecule has 3 atom stereocenters. The standard InChI is InChI=1S/C13H20N4O/c1-3-11-10-7-14-6-9(10)8-17(11)13-15-5-4-12(16-13)18-2/h4-5,9-11,14H,3,6-8H2,1-2H3. The predicted octanol–water partition coefficient (Wildman–Crippen LogP) is 0.919. The van der Waals surface area contributed by atoms with Crippen LogP contribution in [0.25, 0.3) is 0 Å². The minimum Gasteiger partial charge on any atom is -0.481 e. The van der Waals surface area contributed by atoms with Crippen LogP contribution in [0.4, 0.5) is 5.95 Å². The van der Waals surface area contributed by atoms with Crippen molar-refractivity contribution >= 4 is 5.95 Å². The van der Waals surface area contributed by atoms with E-state index in [1.54, 1.807) is 19.4 Å². The van der Waals surface area contributed by atoms with E-state index in [0.717, 1.165) is 43.8 Å². The lowest BCUT2D eigenvalue weighted by molar-refractivity contribution is 0.395. The van der Waals surface area contributed by atoms with Gasteiger partial charge in [0.1, 0.15) is 0 Å². The van der Waals surface area contributed by atoms with Gasteiger partial charge in [0, 0.05) is 37.9 Å². The van der Waals surface area contributed by atoms with Gasteiger partial charge in [-0.2, -0.15) is 4.98 Å². The van der Waals surface area contributed by atoms with Gasteiger partial charge in [-0.05, 0) is 18.3 Å². The molecule has 0 spiro atoms. The third kappa shape index (κ3) is 1.82. The first-order chi connectivity index (χ1) is 8.83. The highest BCUT2D eigenvalue weighted by molar-refractivity contribution is 5.37. The van der Waals surface area contributed by atoms with Crippen LogP contribution in [0, 0.1) is 11.8 Å². The number of rotatable bonds is 3. The summed E-state index contributed by atoms with van der Waals surface area (Å²) in [6, 6.07) is 2.35. The molecule has 1 aromatic rings. The lowest BCUT2D eigenvalue weighted by atomic mass is 9.93. The summed E-state index contributed by atoms with van der Waals surface area (Å²) in [6.07, 6.45) is 2.92. The molecular formula is C13H20N4O. The minimum absolute atomic E-state index is 0.553. The summed E-state index contributed by atoms with van der Waals surface area (Å²) in [5, 5.41) is 3.49. The second-order valence-electron chi connectivity index (χ2n) is 5.11. The molecule has 2 fully saturated rings. The SMILES string of the molecule is CCC1C2CNCC2CN1c1nccc(OC)n1. The van der Waals surface area contributed by atoms with Gasteiger partial charge in [-0.15, -0.1) is 0 Å². The highest BCUT2D eigenvalue weighted by Gasteiger charge is 2.44. The van der Waals surface area contributed by atoms with E-state index in [1.165, 1.54) is 0 Å². The van der Waals surface area contributed by atoms with Crippen LogP contribution >= 0.6 is 0 Å². The molecule has 0 amide bonds. The molecule has 0 radical (unpaired) electrons. The molecule has 1 aromatic heterocycles. The maximum Gasteiger partial charge on any atom is 0.228 e. The summed E-state index contributed by atoms with van der Waals surface area (Å²) >= 11 is 0. The molecule has 3 heterocycles. The molecule has 3 rings (SSSR count). The molecular weight excluding hydrogens is 228 g/mol. The van der Waals surface area contributed by atoms with Crippen LogP contribution in [0.5, 0.6) is 5.88 Å². The number of nitrogens with zero attached hydrogens (tertiary/aromatic N) is 3. The lowest BCUT2D eigenvalue weighted by Crippen LogP contribution is -2.36. The monoisotopic (exact) mass is 248 g/mol. The zero-order chi connectivity index (χ0) is 12.5. The third-order valence-corrected chi connectivity index (χ3v) is 4.22. The molecule has 0 saturated carbocycles. The quantitative estimate of drug-likeness (QED) is 0.862. The molecule has 0 aliphatic carbocycles. The summed E-state index contributed by atoms with van der Waals surface area (Å²) in [5.41, 5.74) is 0. The molecule has 2 aliphatic heterocycles. The molecule has 18 heavy (non-hydrogen) atoms. The fourth-order valence-electron chi connectivity index (χ4n) is 3.36. The van der Waals surface area contributed by atoms with Gasteiger partial charge in [0.05, 0.1) is 7.11 Å². The van der Waals surface area contributed by atoms with Crippen molar-refractivity contribution in [3.63, 3.8) is 0 Å². The number of ether oxygens (including phenoxy) is 1. The Kier molecular flexibility index (Phi) is 3.07. The second kappa shape index (κ2) is 4.72. The Morgan fingerprint density at radius 2 is 2.39 bits per heavy atom. The first-order valence-electron chi connectivity index (χ1n) is 6.68. The normalized spacial score (nSPS) is 30.6. The van der Waals surface area contributed by atoms with E-state index < -0.39 is 0 Å². The summed E-state index contributed by atoms with van der Waals surface area (Å²) in [7, 11) is 1.64. The number of aromatic nitrogens is 2. The van der Waals surface area contributed by atoms with Crippen LogP contribution < -0.4 is 15.0 Å². The smallest absolute Gasteiger partial charge is 0.228 e. The molecule has 0 bridgehead atoms. The predicted molar refractivity (Wildman–Crippen MR) is 69.9 cm³/mol. The molecule has 1 N–H and O–H groups in total. The summed E-state index contributed by atoms with van der Waals surface area (Å²) in [6.45, 7) is 5.56. The van der Waals surface area contributed by atoms with Gasteiger partial charge in [-0.25, -0.2) is 4.98 Å². The number of fused-ring (bicyclic) bond motifs is 1. The molecule has 2 saturated heterocycles. The fourth-order valence-corrected chi connectivity index (χ4v) is 3.36. The Labute approximate surface area is 108 Å². The van der Waals surface area contributed by atoms with Gasteiger partial charge >= 0.3 is 0 Å². The van der Waals surface area contributed by atoms with E-state index in [4.69, 9.17) is 4.74 Å². The van der Waals surface area contributed by atoms with E-state index >= 15 is 0 Å². The van der Waals surface area contributed by atoms with E-state index in [0.29, 0.717) is 11.9 Å². The minimum atomic E-state index is 0.553. The lowest BCUT2D eigenvalue weighted by Gasteiger charge is -2.26. The number of hydrogen-bond acceptors (Lipinski definition) is 5. The highest BCUT2D eigenvalue weighted by atomic mass is 16.5. The summed E-state index contributed by atoms with van der Waals surface area (Å²) in [4.78, 5) is 11.2. The van der Waals surface area contributed by atoms with Crippen LogP contribution in [0.2, 0.25) is 0 Å². The maximum absolute atomic E-state index is 5.19. The van der Waals surface area contributed by atoms with Crippen molar-refractivity contribution in [1.82, 2.24) is 15.3 Å². The van der Waals surface area contributed by atoms with Crippen LogP contribution in [0.3, 0.4) is 0 Å². The van der Waals surface area contributed by atoms with Gasteiger partial charge in [0.25, 0.3) is 0 Å². The van der Waals surface area contributed by atoms with Gasteiger partial charge < -0.3 is 15.0 Å². The Morgan fingerprint density at radius 1 is 1.50 bits per heavy atom. The van der Waals surface area contributed by atoms with Crippen molar-refractivity contribution < 1.29 is 4.74 Å². The number of methoxy groups -OCH3 is 1. The Morgan fingerprint density at radius 3 is 3.17 bits per heavy atom. The van der Waals surface area contributed by atoms with Crippen LogP contribution in [0.15, 0.2) is 12.3 Å². The highest BCUT2D eigenvalue weighted by Crippen LogP contribution is 2.36. The maximum atomic E-state index is 5.19. The van der Waals surface area contributed by atoms with Gasteiger partial charge in [-0.3, -0.25) is 0 Å². The Hall–Kier alpha value is -1.36. The first-order valence-corrected chi connectivity index (χ1v) is 6.68. The Bertz CT molecular complexity index is 425. The van der Waals surface area contributed by atoms with E-state index in [9.17, 15) is 0 Å². The van der Waals surface area contributed by atoms with Crippen LogP contribution in [0.1, 0.15) is 13.3 Å². The van der Waals surface area contributed by atoms with Gasteiger partial charge in [0.2, 0.25) is 11.8 Å². The number of nitrogens with one attached hydrogen (secondary N) is 1. The van der Waals surface area contributed by atoms with Crippen molar-refractivity contribution in [3.8, 4) is 5.88 Å². The first kappa shape index (κ1) is 11.7. The van der Waals surface area contributed by atoms with Crippen molar-refractivity contribution in [2.24, 2.45) is 11.8 Å². The molecule has 2 aliphatic rings. The van der Waals surface area contributed by atoms with Crippen molar-refractivity contribution in [1.29, 1.82) is 0 Å². The third-order valence-electron chi connectivity index (χ3n) is 4.22. The van der Waals surface area contributed by atoms with Gasteiger partial charge in [0.15, 0.2) is 0 Å². The van der Waals surface area contributed by atoms with E-state index in [2.05, 4.69) is 27.1 Å². The largest absolute Gasteiger partial charge is 0.481 e. The zero-order valence-electron chi connectivity index (χ0n) is 11.0. The fraction of sp³-hybridized carbons (Fsp3) is 0.692. The van der Waals surface area contributed by atoms with E-state index in [1.807, 2.05) is 0 Å². The van der Waals surface area contributed by atoms with Crippen LogP contribution in [-0.4, -0.2) is 42.8 Å². The van der Waals surface area contributed by atoms with E-state index in [-0.39, 0.29) is 0 Å². The zero-order valence-corrected chi connectivity index (χ0v) is 11.0. The molecule has 0 aromatic carbocycles. The second-order valence-corrected chi connectivity index (χ2v) is 5.11. The number of hydrogen-bond donors (Lipinski definition) is 1.